The lowest BCUT2D eigenvalue weighted by Gasteiger charge is -2.26. The van der Waals surface area contributed by atoms with Crippen LogP contribution >= 0.6 is 0 Å². The molecule has 0 aromatic carbocycles. The standard InChI is InChI=1S/C18H30N4O2/c1-15-20-17(16-5-10-24-14-16)13-18(21-15)19-6-3-2-4-7-22-8-11-23-12-9-22/h13,16H,2-12,14H2,1H3,(H,19,20,21)/t16-/m0/s1. The van der Waals surface area contributed by atoms with Gasteiger partial charge in [0.25, 0.3) is 0 Å². The number of anilines is 1. The number of hydrogen-bond donors (Lipinski definition) is 1. The highest BCUT2D eigenvalue weighted by atomic mass is 16.5. The molecule has 6 nitrogen and oxygen atoms in total. The predicted molar refractivity (Wildman–Crippen MR) is 94.5 cm³/mol. The number of hydrogen-bond acceptors (Lipinski definition) is 6. The monoisotopic (exact) mass is 334 g/mol. The van der Waals surface area contributed by atoms with E-state index in [9.17, 15) is 0 Å². The van der Waals surface area contributed by atoms with Crippen LogP contribution in [0.3, 0.4) is 0 Å². The lowest BCUT2D eigenvalue weighted by Crippen LogP contribution is -2.36. The van der Waals surface area contributed by atoms with E-state index in [1.54, 1.807) is 0 Å². The van der Waals surface area contributed by atoms with E-state index < -0.39 is 0 Å². The summed E-state index contributed by atoms with van der Waals surface area (Å²) in [7, 11) is 0. The molecule has 1 atom stereocenters. The molecule has 3 rings (SSSR count). The highest BCUT2D eigenvalue weighted by Crippen LogP contribution is 2.25. The van der Waals surface area contributed by atoms with Crippen molar-refractivity contribution in [3.8, 4) is 0 Å². The van der Waals surface area contributed by atoms with Gasteiger partial charge in [-0.15, -0.1) is 0 Å². The van der Waals surface area contributed by atoms with Gasteiger partial charge in [0, 0.05) is 38.2 Å². The van der Waals surface area contributed by atoms with Crippen molar-refractivity contribution >= 4 is 5.82 Å². The molecule has 0 saturated carbocycles. The quantitative estimate of drug-likeness (QED) is 0.736. The maximum absolute atomic E-state index is 5.47. The highest BCUT2D eigenvalue weighted by Gasteiger charge is 2.20. The molecule has 2 aliphatic rings. The number of nitrogens with one attached hydrogen (secondary N) is 1. The molecule has 134 valence electrons. The summed E-state index contributed by atoms with van der Waals surface area (Å²) in [5.74, 6) is 2.23. The highest BCUT2D eigenvalue weighted by molar-refractivity contribution is 5.37. The fourth-order valence-corrected chi connectivity index (χ4v) is 3.34. The maximum atomic E-state index is 5.47. The summed E-state index contributed by atoms with van der Waals surface area (Å²) in [6.07, 6.45) is 4.75. The Morgan fingerprint density at radius 3 is 2.79 bits per heavy atom. The fraction of sp³-hybridized carbons (Fsp3) is 0.778. The first-order chi connectivity index (χ1) is 11.8. The summed E-state index contributed by atoms with van der Waals surface area (Å²) in [5.41, 5.74) is 1.12. The summed E-state index contributed by atoms with van der Waals surface area (Å²) < 4.78 is 10.9. The lowest BCUT2D eigenvalue weighted by atomic mass is 10.0. The van der Waals surface area contributed by atoms with Crippen molar-refractivity contribution in [2.45, 2.75) is 38.5 Å². The Morgan fingerprint density at radius 2 is 2.00 bits per heavy atom. The number of nitrogens with zero attached hydrogens (tertiary/aromatic N) is 3. The van der Waals surface area contributed by atoms with E-state index in [0.29, 0.717) is 5.92 Å². The molecule has 0 radical (unpaired) electrons. The van der Waals surface area contributed by atoms with Crippen LogP contribution in [0.1, 0.15) is 43.1 Å². The molecular weight excluding hydrogens is 304 g/mol. The van der Waals surface area contributed by atoms with Gasteiger partial charge in [0.1, 0.15) is 11.6 Å². The number of aryl methyl sites for hydroxylation is 1. The molecular formula is C18H30N4O2. The summed E-state index contributed by atoms with van der Waals surface area (Å²) in [4.78, 5) is 11.6. The second kappa shape index (κ2) is 9.30. The van der Waals surface area contributed by atoms with Crippen molar-refractivity contribution in [3.05, 3.63) is 17.6 Å². The molecule has 0 aliphatic carbocycles. The molecule has 1 aromatic heterocycles. The average molecular weight is 334 g/mol. The first kappa shape index (κ1) is 17.6. The van der Waals surface area contributed by atoms with Crippen LogP contribution in [0.25, 0.3) is 0 Å². The number of unbranched alkanes of at least 4 members (excludes halogenated alkanes) is 2. The molecule has 2 saturated heterocycles. The summed E-state index contributed by atoms with van der Waals surface area (Å²) >= 11 is 0. The third-order valence-corrected chi connectivity index (χ3v) is 4.77. The second-order valence-electron chi connectivity index (χ2n) is 6.73. The van der Waals surface area contributed by atoms with Crippen molar-refractivity contribution < 1.29 is 9.47 Å². The molecule has 0 amide bonds. The molecule has 0 unspecified atom stereocenters. The van der Waals surface area contributed by atoms with Gasteiger partial charge < -0.3 is 14.8 Å². The Bertz CT molecular complexity index is 500. The Balaban J connectivity index is 1.35. The Labute approximate surface area is 145 Å². The molecule has 0 spiro atoms. The van der Waals surface area contributed by atoms with Gasteiger partial charge in [0.15, 0.2) is 0 Å². The van der Waals surface area contributed by atoms with Gasteiger partial charge in [-0.1, -0.05) is 6.42 Å². The van der Waals surface area contributed by atoms with Gasteiger partial charge in [-0.25, -0.2) is 9.97 Å². The third kappa shape index (κ3) is 5.40. The summed E-state index contributed by atoms with van der Waals surface area (Å²) in [6.45, 7) is 9.73. The summed E-state index contributed by atoms with van der Waals surface area (Å²) in [5, 5.41) is 3.46. The third-order valence-electron chi connectivity index (χ3n) is 4.77. The van der Waals surface area contributed by atoms with E-state index >= 15 is 0 Å². The maximum Gasteiger partial charge on any atom is 0.129 e. The van der Waals surface area contributed by atoms with Crippen LogP contribution < -0.4 is 5.32 Å². The van der Waals surface area contributed by atoms with Crippen molar-refractivity contribution in [1.29, 1.82) is 0 Å². The van der Waals surface area contributed by atoms with E-state index in [2.05, 4.69) is 26.3 Å². The SMILES string of the molecule is Cc1nc(NCCCCCN2CCOCC2)cc([C@H]2CCOC2)n1. The minimum absolute atomic E-state index is 0.431. The number of rotatable bonds is 8. The first-order valence-corrected chi connectivity index (χ1v) is 9.28. The van der Waals surface area contributed by atoms with Crippen LogP contribution in [-0.2, 0) is 9.47 Å². The van der Waals surface area contributed by atoms with Crippen molar-refractivity contribution in [3.63, 3.8) is 0 Å². The molecule has 2 fully saturated rings. The number of morpholine rings is 1. The van der Waals surface area contributed by atoms with E-state index in [-0.39, 0.29) is 0 Å². The predicted octanol–water partition coefficient (Wildman–Crippen LogP) is 2.20. The van der Waals surface area contributed by atoms with Crippen LogP contribution in [0.5, 0.6) is 0 Å². The van der Waals surface area contributed by atoms with Crippen LogP contribution in [0.2, 0.25) is 0 Å². The molecule has 6 heteroatoms. The molecule has 1 N–H and O–H groups in total. The van der Waals surface area contributed by atoms with Gasteiger partial charge in [0.2, 0.25) is 0 Å². The van der Waals surface area contributed by atoms with E-state index in [1.807, 2.05) is 6.92 Å². The molecule has 24 heavy (non-hydrogen) atoms. The molecule has 1 aromatic rings. The zero-order chi connectivity index (χ0) is 16.6. The fourth-order valence-electron chi connectivity index (χ4n) is 3.34. The Morgan fingerprint density at radius 1 is 1.12 bits per heavy atom. The van der Waals surface area contributed by atoms with Gasteiger partial charge in [-0.3, -0.25) is 4.90 Å². The largest absolute Gasteiger partial charge is 0.381 e. The number of aromatic nitrogens is 2. The topological polar surface area (TPSA) is 59.5 Å². The molecule has 3 heterocycles. The minimum atomic E-state index is 0.431. The molecule has 0 bridgehead atoms. The molecule has 2 aliphatic heterocycles. The van der Waals surface area contributed by atoms with E-state index in [1.165, 1.54) is 25.8 Å². The zero-order valence-electron chi connectivity index (χ0n) is 14.8. The zero-order valence-corrected chi connectivity index (χ0v) is 14.8. The Kier molecular flexibility index (Phi) is 6.81. The minimum Gasteiger partial charge on any atom is -0.381 e. The van der Waals surface area contributed by atoms with E-state index in [4.69, 9.17) is 9.47 Å². The van der Waals surface area contributed by atoms with Crippen LogP contribution in [-0.4, -0.2) is 67.5 Å². The van der Waals surface area contributed by atoms with Crippen LogP contribution in [0.15, 0.2) is 6.07 Å². The lowest BCUT2D eigenvalue weighted by molar-refractivity contribution is 0.0372. The van der Waals surface area contributed by atoms with Gasteiger partial charge in [-0.2, -0.15) is 0 Å². The smallest absolute Gasteiger partial charge is 0.129 e. The van der Waals surface area contributed by atoms with Gasteiger partial charge in [0.05, 0.1) is 25.5 Å². The van der Waals surface area contributed by atoms with Crippen molar-refractivity contribution in [1.82, 2.24) is 14.9 Å². The van der Waals surface area contributed by atoms with Gasteiger partial charge >= 0.3 is 0 Å². The van der Waals surface area contributed by atoms with Crippen molar-refractivity contribution in [2.24, 2.45) is 0 Å². The van der Waals surface area contributed by atoms with Crippen LogP contribution in [0.4, 0.5) is 5.82 Å². The second-order valence-corrected chi connectivity index (χ2v) is 6.73. The number of ether oxygens (including phenoxy) is 2. The first-order valence-electron chi connectivity index (χ1n) is 9.28. The van der Waals surface area contributed by atoms with E-state index in [0.717, 1.165) is 69.8 Å². The van der Waals surface area contributed by atoms with Gasteiger partial charge in [-0.05, 0) is 32.7 Å². The normalized spacial score (nSPS) is 22.0. The van der Waals surface area contributed by atoms with Crippen LogP contribution in [0, 0.1) is 6.92 Å². The summed E-state index contributed by atoms with van der Waals surface area (Å²) in [6, 6.07) is 2.10. The van der Waals surface area contributed by atoms with Crippen molar-refractivity contribution in [2.75, 3.05) is 57.9 Å². The average Bonchev–Trinajstić information content (AvgIpc) is 3.13. The Hall–Kier alpha value is -1.24.